The summed E-state index contributed by atoms with van der Waals surface area (Å²) in [6.45, 7) is 0. The number of aliphatic hydroxyl groups is 1. The summed E-state index contributed by atoms with van der Waals surface area (Å²) in [6, 6.07) is 7.07. The number of alkyl halides is 5. The van der Waals surface area contributed by atoms with Crippen LogP contribution in [-0.2, 0) is 5.60 Å². The van der Waals surface area contributed by atoms with E-state index in [1.54, 1.807) is 18.2 Å². The molecular formula is C11H7Cl5O. The Hall–Kier alpha value is 0.370. The van der Waals surface area contributed by atoms with Crippen LogP contribution in [0.5, 0.6) is 0 Å². The number of halogens is 5. The Labute approximate surface area is 124 Å². The predicted octanol–water partition coefficient (Wildman–Crippen LogP) is 4.45. The molecule has 0 radical (unpaired) electrons. The molecule has 1 unspecified atom stereocenters. The molecule has 1 atom stereocenters. The Morgan fingerprint density at radius 3 is 2.18 bits per heavy atom. The van der Waals surface area contributed by atoms with E-state index >= 15 is 0 Å². The highest BCUT2D eigenvalue weighted by atomic mass is 35.6. The van der Waals surface area contributed by atoms with Crippen LogP contribution in [0, 0.1) is 0 Å². The number of fused-ring (bicyclic) bond motifs is 1. The van der Waals surface area contributed by atoms with Crippen molar-refractivity contribution in [1.82, 2.24) is 0 Å². The van der Waals surface area contributed by atoms with Crippen LogP contribution in [0.2, 0.25) is 0 Å². The molecule has 2 rings (SSSR count). The van der Waals surface area contributed by atoms with Crippen molar-refractivity contribution in [3.05, 3.63) is 41.5 Å². The molecular weight excluding hydrogens is 325 g/mol. The van der Waals surface area contributed by atoms with E-state index in [-0.39, 0.29) is 0 Å². The summed E-state index contributed by atoms with van der Waals surface area (Å²) in [6.07, 6.45) is 3.12. The normalized spacial score (nSPS) is 23.9. The molecule has 0 saturated heterocycles. The number of hydrogen-bond acceptors (Lipinski definition) is 1. The van der Waals surface area contributed by atoms with Gasteiger partial charge in [-0.2, -0.15) is 0 Å². The van der Waals surface area contributed by atoms with Gasteiger partial charge in [-0.25, -0.2) is 0 Å². The first-order chi connectivity index (χ1) is 7.70. The van der Waals surface area contributed by atoms with Gasteiger partial charge >= 0.3 is 0 Å². The van der Waals surface area contributed by atoms with Gasteiger partial charge in [-0.05, 0) is 17.2 Å². The molecule has 0 spiro atoms. The van der Waals surface area contributed by atoms with Crippen molar-refractivity contribution in [1.29, 1.82) is 0 Å². The van der Waals surface area contributed by atoms with Gasteiger partial charge < -0.3 is 5.11 Å². The van der Waals surface area contributed by atoms with Gasteiger partial charge in [-0.3, -0.25) is 0 Å². The van der Waals surface area contributed by atoms with Gasteiger partial charge in [0.1, 0.15) is 5.60 Å². The van der Waals surface area contributed by atoms with Crippen LogP contribution in [-0.4, -0.2) is 13.2 Å². The van der Waals surface area contributed by atoms with Crippen LogP contribution in [0.1, 0.15) is 11.1 Å². The molecule has 1 N–H and O–H groups in total. The molecule has 0 heterocycles. The molecule has 1 nitrogen and oxygen atoms in total. The summed E-state index contributed by atoms with van der Waals surface area (Å²) in [4.78, 5) is 0. The third-order valence-corrected chi connectivity index (χ3v) is 5.28. The summed E-state index contributed by atoms with van der Waals surface area (Å²) in [7, 11) is 0. The van der Waals surface area contributed by atoms with Crippen molar-refractivity contribution in [2.24, 2.45) is 0 Å². The van der Waals surface area contributed by atoms with E-state index in [1.807, 2.05) is 12.1 Å². The third kappa shape index (κ3) is 1.98. The SMILES string of the molecule is OC1(C(Cl)(Cl)C(Cl)(Cl)Cl)C=Cc2ccccc21. The van der Waals surface area contributed by atoms with Crippen molar-refractivity contribution in [3.63, 3.8) is 0 Å². The second-order valence-corrected chi connectivity index (χ2v) is 7.37. The second kappa shape index (κ2) is 4.19. The zero-order valence-corrected chi connectivity index (χ0v) is 12.1. The molecule has 0 saturated carbocycles. The van der Waals surface area contributed by atoms with Crippen molar-refractivity contribution < 1.29 is 5.11 Å². The lowest BCUT2D eigenvalue weighted by molar-refractivity contribution is 0.0746. The Morgan fingerprint density at radius 2 is 1.59 bits per heavy atom. The summed E-state index contributed by atoms with van der Waals surface area (Å²) < 4.78 is -4.03. The molecule has 0 fully saturated rings. The summed E-state index contributed by atoms with van der Waals surface area (Å²) in [5, 5.41) is 10.6. The van der Waals surface area contributed by atoms with Crippen LogP contribution in [0.4, 0.5) is 0 Å². The van der Waals surface area contributed by atoms with E-state index in [2.05, 4.69) is 0 Å². The minimum Gasteiger partial charge on any atom is -0.378 e. The van der Waals surface area contributed by atoms with Crippen LogP contribution in [0.25, 0.3) is 6.08 Å². The lowest BCUT2D eigenvalue weighted by Crippen LogP contribution is -2.50. The van der Waals surface area contributed by atoms with Gasteiger partial charge in [0.2, 0.25) is 8.13 Å². The van der Waals surface area contributed by atoms with Gasteiger partial charge in [0.15, 0.2) is 0 Å². The number of hydrogen-bond donors (Lipinski definition) is 1. The maximum absolute atomic E-state index is 10.6. The number of benzene rings is 1. The Balaban J connectivity index is 2.58. The third-order valence-electron chi connectivity index (χ3n) is 2.71. The predicted molar refractivity (Wildman–Crippen MR) is 74.1 cm³/mol. The topological polar surface area (TPSA) is 20.2 Å². The molecule has 17 heavy (non-hydrogen) atoms. The largest absolute Gasteiger partial charge is 0.378 e. The molecule has 6 heteroatoms. The summed E-state index contributed by atoms with van der Waals surface area (Å²) >= 11 is 29.3. The summed E-state index contributed by atoms with van der Waals surface area (Å²) in [5.41, 5.74) is -0.441. The summed E-state index contributed by atoms with van der Waals surface area (Å²) in [5.74, 6) is 0. The van der Waals surface area contributed by atoms with E-state index in [0.29, 0.717) is 5.56 Å². The molecule has 1 aliphatic rings. The van der Waals surface area contributed by atoms with Gasteiger partial charge in [-0.1, -0.05) is 88.3 Å². The highest BCUT2D eigenvalue weighted by Gasteiger charge is 2.61. The zero-order chi connectivity index (χ0) is 12.9. The molecule has 92 valence electrons. The van der Waals surface area contributed by atoms with Crippen molar-refractivity contribution in [3.8, 4) is 0 Å². The average molecular weight is 332 g/mol. The minimum absolute atomic E-state index is 0.510. The van der Waals surface area contributed by atoms with E-state index in [1.165, 1.54) is 6.08 Å². The molecule has 0 aliphatic heterocycles. The first-order valence-corrected chi connectivity index (χ1v) is 6.55. The standard InChI is InChI=1S/C11H7Cl5O/c12-10(13,11(14,15)16)9(17)6-5-7-3-1-2-4-8(7)9/h1-6,17H. The van der Waals surface area contributed by atoms with Gasteiger partial charge in [0.25, 0.3) is 0 Å². The van der Waals surface area contributed by atoms with Crippen LogP contribution in [0.15, 0.2) is 30.3 Å². The Morgan fingerprint density at radius 1 is 1.00 bits per heavy atom. The molecule has 0 aromatic heterocycles. The first kappa shape index (κ1) is 13.8. The smallest absolute Gasteiger partial charge is 0.226 e. The monoisotopic (exact) mass is 330 g/mol. The lowest BCUT2D eigenvalue weighted by atomic mass is 9.92. The van der Waals surface area contributed by atoms with Gasteiger partial charge in [0, 0.05) is 0 Å². The quantitative estimate of drug-likeness (QED) is 0.754. The minimum atomic E-state index is -2.04. The second-order valence-electron chi connectivity index (χ2n) is 3.76. The van der Waals surface area contributed by atoms with E-state index in [4.69, 9.17) is 58.0 Å². The fraction of sp³-hybridized carbons (Fsp3) is 0.273. The van der Waals surface area contributed by atoms with E-state index in [0.717, 1.165) is 5.56 Å². The zero-order valence-electron chi connectivity index (χ0n) is 8.30. The molecule has 0 amide bonds. The Bertz CT molecular complexity index is 477. The van der Waals surface area contributed by atoms with Crippen molar-refractivity contribution >= 4 is 64.1 Å². The maximum Gasteiger partial charge on any atom is 0.226 e. The molecule has 1 aromatic carbocycles. The number of rotatable bonds is 1. The first-order valence-electron chi connectivity index (χ1n) is 4.66. The molecule has 0 bridgehead atoms. The van der Waals surface area contributed by atoms with Crippen LogP contribution in [0.3, 0.4) is 0 Å². The van der Waals surface area contributed by atoms with Crippen molar-refractivity contribution in [2.75, 3.05) is 0 Å². The fourth-order valence-electron chi connectivity index (χ4n) is 1.78. The molecule has 1 aromatic rings. The Kier molecular flexibility index (Phi) is 3.40. The fourth-order valence-corrected chi connectivity index (χ4v) is 2.54. The van der Waals surface area contributed by atoms with Gasteiger partial charge in [-0.15, -0.1) is 0 Å². The highest BCUT2D eigenvalue weighted by Crippen LogP contribution is 2.58. The molecule has 1 aliphatic carbocycles. The highest BCUT2D eigenvalue weighted by molar-refractivity contribution is 6.75. The lowest BCUT2D eigenvalue weighted by Gasteiger charge is -2.39. The van der Waals surface area contributed by atoms with E-state index < -0.39 is 13.7 Å². The maximum atomic E-state index is 10.6. The van der Waals surface area contributed by atoms with Crippen LogP contribution >= 0.6 is 58.0 Å². The van der Waals surface area contributed by atoms with Crippen molar-refractivity contribution in [2.45, 2.75) is 13.7 Å². The average Bonchev–Trinajstić information content (AvgIpc) is 2.57. The van der Waals surface area contributed by atoms with Crippen LogP contribution < -0.4 is 0 Å². The van der Waals surface area contributed by atoms with E-state index in [9.17, 15) is 5.11 Å². The van der Waals surface area contributed by atoms with Gasteiger partial charge in [0.05, 0.1) is 0 Å².